The van der Waals surface area contributed by atoms with Crippen LogP contribution in [0.25, 0.3) is 0 Å². The average Bonchev–Trinajstić information content (AvgIpc) is 2.80. The minimum atomic E-state index is -0.603. The molecule has 1 N–H and O–H groups in total. The van der Waals surface area contributed by atoms with Crippen LogP contribution in [0.3, 0.4) is 0 Å². The van der Waals surface area contributed by atoms with Gasteiger partial charge in [-0.25, -0.2) is 9.18 Å². The van der Waals surface area contributed by atoms with Crippen LogP contribution in [0.4, 0.5) is 9.18 Å². The molecule has 122 valence electrons. The van der Waals surface area contributed by atoms with Crippen LogP contribution in [0.5, 0.6) is 0 Å². The molecule has 0 aliphatic carbocycles. The van der Waals surface area contributed by atoms with E-state index in [1.165, 1.54) is 17.0 Å². The lowest BCUT2D eigenvalue weighted by molar-refractivity contribution is -0.126. The van der Waals surface area contributed by atoms with Crippen molar-refractivity contribution in [2.24, 2.45) is 5.92 Å². The van der Waals surface area contributed by atoms with Gasteiger partial charge in [-0.15, -0.1) is 0 Å². The molecule has 2 aliphatic heterocycles. The van der Waals surface area contributed by atoms with E-state index < -0.39 is 6.04 Å². The van der Waals surface area contributed by atoms with Gasteiger partial charge in [0.1, 0.15) is 5.82 Å². The molecule has 1 aromatic rings. The standard InChI is InChI=1S/C17H20FN3O2/c1-10(2)8-21-9-13-14(16(21)22)15(19-17(23)20(13)3)11-5-4-6-12(18)7-11/h4-7,10,15H,8-9H2,1-3H3,(H,19,23)/t15-/m0/s1. The Bertz CT molecular complexity index is 699. The normalized spacial score (nSPS) is 21.2. The fourth-order valence-electron chi connectivity index (χ4n) is 3.15. The number of urea groups is 1. The Hall–Kier alpha value is -2.37. The summed E-state index contributed by atoms with van der Waals surface area (Å²) in [6.07, 6.45) is 0. The molecule has 1 atom stereocenters. The summed E-state index contributed by atoms with van der Waals surface area (Å²) in [6.45, 7) is 5.13. The molecule has 3 rings (SSSR count). The molecular formula is C17H20FN3O2. The van der Waals surface area contributed by atoms with Gasteiger partial charge < -0.3 is 10.2 Å². The zero-order valence-corrected chi connectivity index (χ0v) is 13.5. The Labute approximate surface area is 134 Å². The molecule has 5 nitrogen and oxygen atoms in total. The summed E-state index contributed by atoms with van der Waals surface area (Å²) in [5.41, 5.74) is 1.82. The lowest BCUT2D eigenvalue weighted by Gasteiger charge is -2.31. The summed E-state index contributed by atoms with van der Waals surface area (Å²) in [5, 5.41) is 2.80. The molecule has 0 fully saturated rings. The monoisotopic (exact) mass is 317 g/mol. The lowest BCUT2D eigenvalue weighted by Crippen LogP contribution is -2.45. The Kier molecular flexibility index (Phi) is 3.83. The van der Waals surface area contributed by atoms with E-state index in [0.717, 1.165) is 0 Å². The summed E-state index contributed by atoms with van der Waals surface area (Å²) < 4.78 is 13.6. The van der Waals surface area contributed by atoms with E-state index in [9.17, 15) is 14.0 Å². The third-order valence-corrected chi connectivity index (χ3v) is 4.20. The number of nitrogens with one attached hydrogen (secondary N) is 1. The summed E-state index contributed by atoms with van der Waals surface area (Å²) in [7, 11) is 1.65. The summed E-state index contributed by atoms with van der Waals surface area (Å²) in [6, 6.07) is 5.13. The minimum Gasteiger partial charge on any atom is -0.333 e. The molecule has 2 heterocycles. The first kappa shape index (κ1) is 15.5. The predicted octanol–water partition coefficient (Wildman–Crippen LogP) is 2.27. The largest absolute Gasteiger partial charge is 0.333 e. The first-order chi connectivity index (χ1) is 10.9. The van der Waals surface area contributed by atoms with Gasteiger partial charge in [0.25, 0.3) is 5.91 Å². The van der Waals surface area contributed by atoms with Crippen LogP contribution >= 0.6 is 0 Å². The molecular weight excluding hydrogens is 297 g/mol. The number of carbonyl (C=O) groups is 2. The molecule has 0 aromatic heterocycles. The van der Waals surface area contributed by atoms with Gasteiger partial charge in [-0.2, -0.15) is 0 Å². The number of rotatable bonds is 3. The van der Waals surface area contributed by atoms with Crippen LogP contribution in [-0.4, -0.2) is 41.9 Å². The summed E-state index contributed by atoms with van der Waals surface area (Å²) in [4.78, 5) is 28.2. The van der Waals surface area contributed by atoms with Gasteiger partial charge in [0.2, 0.25) is 0 Å². The van der Waals surface area contributed by atoms with E-state index in [1.807, 2.05) is 13.8 Å². The molecule has 23 heavy (non-hydrogen) atoms. The van der Waals surface area contributed by atoms with Crippen molar-refractivity contribution in [1.82, 2.24) is 15.1 Å². The number of nitrogens with zero attached hydrogens (tertiary/aromatic N) is 2. The van der Waals surface area contributed by atoms with E-state index in [2.05, 4.69) is 5.32 Å². The van der Waals surface area contributed by atoms with Gasteiger partial charge in [0.15, 0.2) is 0 Å². The second-order valence-electron chi connectivity index (χ2n) is 6.44. The molecule has 0 spiro atoms. The Morgan fingerprint density at radius 3 is 2.74 bits per heavy atom. The van der Waals surface area contributed by atoms with E-state index in [-0.39, 0.29) is 17.8 Å². The number of likely N-dealkylation sites (N-methyl/N-ethyl adjacent to an activating group) is 1. The van der Waals surface area contributed by atoms with Gasteiger partial charge in [-0.1, -0.05) is 26.0 Å². The third kappa shape index (κ3) is 2.69. The van der Waals surface area contributed by atoms with E-state index in [4.69, 9.17) is 0 Å². The number of benzene rings is 1. The molecule has 2 aliphatic rings. The fourth-order valence-corrected chi connectivity index (χ4v) is 3.15. The highest BCUT2D eigenvalue weighted by Gasteiger charge is 2.42. The molecule has 1 aromatic carbocycles. The van der Waals surface area contributed by atoms with E-state index in [0.29, 0.717) is 35.8 Å². The minimum absolute atomic E-state index is 0.0881. The van der Waals surface area contributed by atoms with Crippen molar-refractivity contribution < 1.29 is 14.0 Å². The third-order valence-electron chi connectivity index (χ3n) is 4.20. The maximum atomic E-state index is 13.6. The topological polar surface area (TPSA) is 52.7 Å². The Morgan fingerprint density at radius 2 is 2.09 bits per heavy atom. The number of carbonyl (C=O) groups excluding carboxylic acids is 2. The zero-order valence-electron chi connectivity index (χ0n) is 13.5. The second kappa shape index (κ2) is 5.68. The molecule has 0 saturated carbocycles. The number of amides is 3. The maximum Gasteiger partial charge on any atom is 0.322 e. The quantitative estimate of drug-likeness (QED) is 0.930. The van der Waals surface area contributed by atoms with Crippen molar-refractivity contribution in [3.8, 4) is 0 Å². The molecule has 3 amide bonds. The Balaban J connectivity index is 2.01. The van der Waals surface area contributed by atoms with E-state index in [1.54, 1.807) is 24.1 Å². The maximum absolute atomic E-state index is 13.6. The van der Waals surface area contributed by atoms with Gasteiger partial charge in [0, 0.05) is 13.6 Å². The smallest absolute Gasteiger partial charge is 0.322 e. The zero-order chi connectivity index (χ0) is 16.7. The van der Waals surface area contributed by atoms with Crippen LogP contribution in [0.2, 0.25) is 0 Å². The molecule has 0 unspecified atom stereocenters. The van der Waals surface area contributed by atoms with Crippen LogP contribution in [0.15, 0.2) is 35.5 Å². The van der Waals surface area contributed by atoms with E-state index >= 15 is 0 Å². The molecule has 0 bridgehead atoms. The molecule has 6 heteroatoms. The highest BCUT2D eigenvalue weighted by Crippen LogP contribution is 2.35. The van der Waals surface area contributed by atoms with Crippen LogP contribution in [0, 0.1) is 11.7 Å². The van der Waals surface area contributed by atoms with Crippen molar-refractivity contribution in [1.29, 1.82) is 0 Å². The second-order valence-corrected chi connectivity index (χ2v) is 6.44. The highest BCUT2D eigenvalue weighted by molar-refractivity contribution is 6.01. The van der Waals surface area contributed by atoms with Gasteiger partial charge in [-0.05, 0) is 23.6 Å². The summed E-state index contributed by atoms with van der Waals surface area (Å²) in [5.74, 6) is -0.140. The number of halogens is 1. The lowest BCUT2D eigenvalue weighted by atomic mass is 9.95. The van der Waals surface area contributed by atoms with Crippen LogP contribution in [-0.2, 0) is 4.79 Å². The van der Waals surface area contributed by atoms with Crippen LogP contribution in [0.1, 0.15) is 25.5 Å². The van der Waals surface area contributed by atoms with Crippen molar-refractivity contribution >= 4 is 11.9 Å². The number of hydrogen-bond acceptors (Lipinski definition) is 2. The van der Waals surface area contributed by atoms with Gasteiger partial charge in [-0.3, -0.25) is 9.69 Å². The average molecular weight is 317 g/mol. The van der Waals surface area contributed by atoms with Crippen LogP contribution < -0.4 is 5.32 Å². The number of hydrogen-bond donors (Lipinski definition) is 1. The first-order valence-electron chi connectivity index (χ1n) is 7.70. The molecule has 0 saturated heterocycles. The fraction of sp³-hybridized carbons (Fsp3) is 0.412. The SMILES string of the molecule is CC(C)CN1CC2=C(C1=O)[C@H](c1cccc(F)c1)NC(=O)N2C. The van der Waals surface area contributed by atoms with Crippen molar-refractivity contribution in [2.75, 3.05) is 20.1 Å². The van der Waals surface area contributed by atoms with Crippen molar-refractivity contribution in [3.63, 3.8) is 0 Å². The summed E-state index contributed by atoms with van der Waals surface area (Å²) >= 11 is 0. The van der Waals surface area contributed by atoms with Crippen molar-refractivity contribution in [3.05, 3.63) is 46.9 Å². The van der Waals surface area contributed by atoms with Crippen molar-refractivity contribution in [2.45, 2.75) is 19.9 Å². The first-order valence-corrected chi connectivity index (χ1v) is 7.70. The van der Waals surface area contributed by atoms with Gasteiger partial charge in [0.05, 0.1) is 23.9 Å². The highest BCUT2D eigenvalue weighted by atomic mass is 19.1. The molecule has 0 radical (unpaired) electrons. The van der Waals surface area contributed by atoms with Gasteiger partial charge >= 0.3 is 6.03 Å². The Morgan fingerprint density at radius 1 is 1.35 bits per heavy atom. The predicted molar refractivity (Wildman–Crippen MR) is 83.9 cm³/mol.